The van der Waals surface area contributed by atoms with Crippen LogP contribution in [0.15, 0.2) is 17.5 Å². The zero-order chi connectivity index (χ0) is 14.8. The number of amides is 1. The molecule has 0 N–H and O–H groups in total. The van der Waals surface area contributed by atoms with Crippen molar-refractivity contribution < 1.29 is 14.3 Å². The van der Waals surface area contributed by atoms with Gasteiger partial charge in [-0.15, -0.1) is 11.3 Å². The number of hydrogen-bond acceptors (Lipinski definition) is 5. The molecule has 3 rings (SSSR count). The maximum absolute atomic E-state index is 12.6. The SMILES string of the molecule is CN(C)CCO[C@H]1CN(C(=O)c2cccs2)[C@@H]2COC[C@H]12. The fraction of sp³-hybridized carbons (Fsp3) is 0.667. The molecular weight excluding hydrogens is 288 g/mol. The summed E-state index contributed by atoms with van der Waals surface area (Å²) in [6, 6.07) is 3.98. The van der Waals surface area contributed by atoms with E-state index in [1.165, 1.54) is 11.3 Å². The Bertz CT molecular complexity index is 477. The lowest BCUT2D eigenvalue weighted by Crippen LogP contribution is -2.37. The molecule has 3 heterocycles. The lowest BCUT2D eigenvalue weighted by Gasteiger charge is -2.21. The maximum Gasteiger partial charge on any atom is 0.264 e. The van der Waals surface area contributed by atoms with E-state index in [-0.39, 0.29) is 18.1 Å². The fourth-order valence-electron chi connectivity index (χ4n) is 3.04. The lowest BCUT2D eigenvalue weighted by molar-refractivity contribution is 0.0136. The number of rotatable bonds is 5. The third-order valence-electron chi connectivity index (χ3n) is 4.21. The van der Waals surface area contributed by atoms with Gasteiger partial charge in [0.25, 0.3) is 5.91 Å². The molecule has 0 aromatic carbocycles. The van der Waals surface area contributed by atoms with Crippen molar-refractivity contribution in [3.05, 3.63) is 22.4 Å². The van der Waals surface area contributed by atoms with E-state index in [4.69, 9.17) is 9.47 Å². The molecule has 0 unspecified atom stereocenters. The van der Waals surface area contributed by atoms with Crippen molar-refractivity contribution in [1.29, 1.82) is 0 Å². The van der Waals surface area contributed by atoms with Crippen LogP contribution in [0.2, 0.25) is 0 Å². The van der Waals surface area contributed by atoms with Gasteiger partial charge >= 0.3 is 0 Å². The van der Waals surface area contributed by atoms with Crippen molar-refractivity contribution >= 4 is 17.2 Å². The Morgan fingerprint density at radius 1 is 1.52 bits per heavy atom. The zero-order valence-electron chi connectivity index (χ0n) is 12.5. The quantitative estimate of drug-likeness (QED) is 0.819. The summed E-state index contributed by atoms with van der Waals surface area (Å²) in [4.78, 5) is 17.4. The molecule has 0 bridgehead atoms. The highest BCUT2D eigenvalue weighted by Gasteiger charge is 2.48. The van der Waals surface area contributed by atoms with E-state index in [1.54, 1.807) is 0 Å². The Hall–Kier alpha value is -0.950. The van der Waals surface area contributed by atoms with Gasteiger partial charge in [-0.2, -0.15) is 0 Å². The molecule has 0 aliphatic carbocycles. The van der Waals surface area contributed by atoms with Gasteiger partial charge in [0, 0.05) is 19.0 Å². The summed E-state index contributed by atoms with van der Waals surface area (Å²) in [5.74, 6) is 0.431. The van der Waals surface area contributed by atoms with E-state index >= 15 is 0 Å². The minimum atomic E-state index is 0.0985. The number of ether oxygens (including phenoxy) is 2. The maximum atomic E-state index is 12.6. The summed E-state index contributed by atoms with van der Waals surface area (Å²) in [6.07, 6.45) is 0.0985. The summed E-state index contributed by atoms with van der Waals surface area (Å²) >= 11 is 1.50. The van der Waals surface area contributed by atoms with E-state index in [0.29, 0.717) is 32.3 Å². The molecule has 0 saturated carbocycles. The number of likely N-dealkylation sites (tertiary alicyclic amines) is 1. The molecule has 21 heavy (non-hydrogen) atoms. The highest BCUT2D eigenvalue weighted by Crippen LogP contribution is 2.33. The average Bonchev–Trinajstić information content (AvgIpc) is 3.16. The zero-order valence-corrected chi connectivity index (χ0v) is 13.3. The smallest absolute Gasteiger partial charge is 0.264 e. The second kappa shape index (κ2) is 6.44. The largest absolute Gasteiger partial charge is 0.379 e. The molecule has 2 aliphatic heterocycles. The van der Waals surface area contributed by atoms with Crippen LogP contribution in [0.1, 0.15) is 9.67 Å². The van der Waals surface area contributed by atoms with E-state index in [1.807, 2.05) is 36.5 Å². The first kappa shape index (κ1) is 15.0. The number of carbonyl (C=O) groups excluding carboxylic acids is 1. The molecule has 1 aromatic rings. The van der Waals surface area contributed by atoms with Crippen molar-refractivity contribution in [2.75, 3.05) is 47.0 Å². The van der Waals surface area contributed by atoms with Crippen LogP contribution in [0, 0.1) is 5.92 Å². The number of hydrogen-bond donors (Lipinski definition) is 0. The second-order valence-electron chi connectivity index (χ2n) is 5.92. The average molecular weight is 310 g/mol. The van der Waals surface area contributed by atoms with Gasteiger partial charge in [0.1, 0.15) is 0 Å². The Morgan fingerprint density at radius 3 is 3.10 bits per heavy atom. The molecule has 2 aliphatic rings. The monoisotopic (exact) mass is 310 g/mol. The minimum Gasteiger partial charge on any atom is -0.379 e. The summed E-state index contributed by atoms with van der Waals surface area (Å²) < 4.78 is 11.6. The van der Waals surface area contributed by atoms with E-state index in [0.717, 1.165) is 11.4 Å². The second-order valence-corrected chi connectivity index (χ2v) is 6.86. The van der Waals surface area contributed by atoms with Gasteiger partial charge in [0.05, 0.1) is 36.8 Å². The number of fused-ring (bicyclic) bond motifs is 1. The molecule has 6 heteroatoms. The van der Waals surface area contributed by atoms with Gasteiger partial charge in [0.2, 0.25) is 0 Å². The Morgan fingerprint density at radius 2 is 2.38 bits per heavy atom. The summed E-state index contributed by atoms with van der Waals surface area (Å²) in [7, 11) is 4.07. The number of nitrogens with zero attached hydrogens (tertiary/aromatic N) is 2. The molecule has 0 radical (unpaired) electrons. The van der Waals surface area contributed by atoms with E-state index < -0.39 is 0 Å². The fourth-order valence-corrected chi connectivity index (χ4v) is 3.72. The van der Waals surface area contributed by atoms with Crippen LogP contribution in [-0.2, 0) is 9.47 Å². The topological polar surface area (TPSA) is 42.0 Å². The molecular formula is C15H22N2O3S. The molecule has 3 atom stereocenters. The summed E-state index contributed by atoms with van der Waals surface area (Å²) in [5, 5.41) is 1.94. The highest BCUT2D eigenvalue weighted by atomic mass is 32.1. The molecule has 1 aromatic heterocycles. The van der Waals surface area contributed by atoms with Crippen molar-refractivity contribution in [3.63, 3.8) is 0 Å². The van der Waals surface area contributed by atoms with Crippen LogP contribution in [0.3, 0.4) is 0 Å². The molecule has 2 fully saturated rings. The Balaban J connectivity index is 1.65. The van der Waals surface area contributed by atoms with Gasteiger partial charge in [-0.25, -0.2) is 0 Å². The lowest BCUT2D eigenvalue weighted by atomic mass is 10.0. The molecule has 0 spiro atoms. The molecule has 1 amide bonds. The number of carbonyl (C=O) groups is 1. The van der Waals surface area contributed by atoms with Crippen LogP contribution in [0.25, 0.3) is 0 Å². The van der Waals surface area contributed by atoms with E-state index in [9.17, 15) is 4.79 Å². The van der Waals surface area contributed by atoms with Gasteiger partial charge < -0.3 is 19.3 Å². The predicted octanol–water partition coefficient (Wildman–Crippen LogP) is 1.17. The van der Waals surface area contributed by atoms with Crippen molar-refractivity contribution in [2.24, 2.45) is 5.92 Å². The third-order valence-corrected chi connectivity index (χ3v) is 5.07. The Kier molecular flexibility index (Phi) is 4.59. The van der Waals surface area contributed by atoms with Crippen LogP contribution in [-0.4, -0.2) is 74.9 Å². The van der Waals surface area contributed by atoms with Crippen molar-refractivity contribution in [2.45, 2.75) is 12.1 Å². The van der Waals surface area contributed by atoms with Gasteiger partial charge in [-0.05, 0) is 25.5 Å². The van der Waals surface area contributed by atoms with Gasteiger partial charge in [-0.1, -0.05) is 6.07 Å². The normalized spacial score (nSPS) is 28.3. The summed E-state index contributed by atoms with van der Waals surface area (Å²) in [5.41, 5.74) is 0. The van der Waals surface area contributed by atoms with Crippen LogP contribution < -0.4 is 0 Å². The predicted molar refractivity (Wildman–Crippen MR) is 81.7 cm³/mol. The van der Waals surface area contributed by atoms with E-state index in [2.05, 4.69) is 4.90 Å². The van der Waals surface area contributed by atoms with Crippen molar-refractivity contribution in [3.8, 4) is 0 Å². The Labute approximate surface area is 129 Å². The number of thiophene rings is 1. The molecule has 116 valence electrons. The van der Waals surface area contributed by atoms with Crippen LogP contribution in [0.5, 0.6) is 0 Å². The first-order valence-corrected chi connectivity index (χ1v) is 8.23. The van der Waals surface area contributed by atoms with Gasteiger partial charge in [-0.3, -0.25) is 4.79 Å². The van der Waals surface area contributed by atoms with Crippen LogP contribution >= 0.6 is 11.3 Å². The first-order valence-electron chi connectivity index (χ1n) is 7.35. The van der Waals surface area contributed by atoms with Gasteiger partial charge in [0.15, 0.2) is 0 Å². The van der Waals surface area contributed by atoms with Crippen LogP contribution in [0.4, 0.5) is 0 Å². The summed E-state index contributed by atoms with van der Waals surface area (Å²) in [6.45, 7) is 3.61. The molecule has 2 saturated heterocycles. The number of likely N-dealkylation sites (N-methyl/N-ethyl adjacent to an activating group) is 1. The third kappa shape index (κ3) is 3.13. The standard InChI is InChI=1S/C15H22N2O3S/c1-16(2)5-6-20-13-8-17(12-10-19-9-11(12)13)15(18)14-4-3-7-21-14/h3-4,7,11-13H,5-6,8-10H2,1-2H3/t11-,12+,13-/m0/s1. The highest BCUT2D eigenvalue weighted by molar-refractivity contribution is 7.12. The minimum absolute atomic E-state index is 0.0985. The van der Waals surface area contributed by atoms with Crippen molar-refractivity contribution in [1.82, 2.24) is 9.80 Å². The molecule has 5 nitrogen and oxygen atoms in total. The first-order chi connectivity index (χ1) is 10.2.